The molecule has 0 unspecified atom stereocenters. The van der Waals surface area contributed by atoms with E-state index in [1.807, 2.05) is 30.5 Å². The summed E-state index contributed by atoms with van der Waals surface area (Å²) in [5, 5.41) is 1.10. The smallest absolute Gasteiger partial charge is 0.150 e. The van der Waals surface area contributed by atoms with Crippen molar-refractivity contribution in [3.63, 3.8) is 0 Å². The molecule has 1 aromatic heterocycles. The van der Waals surface area contributed by atoms with E-state index < -0.39 is 0 Å². The highest BCUT2D eigenvalue weighted by Crippen LogP contribution is 2.17. The van der Waals surface area contributed by atoms with Crippen LogP contribution in [0, 0.1) is 5.92 Å². The molecule has 0 spiro atoms. The molecule has 19 heavy (non-hydrogen) atoms. The Bertz CT molecular complexity index is 543. The third kappa shape index (κ3) is 3.67. The zero-order valence-electron chi connectivity index (χ0n) is 11.6. The average molecular weight is 259 g/mol. The van der Waals surface area contributed by atoms with Crippen molar-refractivity contribution in [3.8, 4) is 0 Å². The molecule has 0 saturated heterocycles. The van der Waals surface area contributed by atoms with Crippen LogP contribution in [0.4, 0.5) is 0 Å². The van der Waals surface area contributed by atoms with E-state index in [1.54, 1.807) is 0 Å². The number of ether oxygens (including phenoxy) is 1. The number of aldehydes is 1. The van der Waals surface area contributed by atoms with E-state index >= 15 is 0 Å². The predicted molar refractivity (Wildman–Crippen MR) is 77.6 cm³/mol. The third-order valence-corrected chi connectivity index (χ3v) is 3.25. The molecule has 0 bridgehead atoms. The molecule has 0 saturated carbocycles. The summed E-state index contributed by atoms with van der Waals surface area (Å²) in [5.74, 6) is 0.689. The van der Waals surface area contributed by atoms with Gasteiger partial charge in [0.05, 0.1) is 6.61 Å². The lowest BCUT2D eigenvalue weighted by atomic mass is 10.1. The minimum atomic E-state index is 0.689. The summed E-state index contributed by atoms with van der Waals surface area (Å²) in [6.07, 6.45) is 4.03. The lowest BCUT2D eigenvalue weighted by Gasteiger charge is -2.08. The molecule has 0 N–H and O–H groups in total. The molecule has 0 fully saturated rings. The Labute approximate surface area is 114 Å². The number of benzene rings is 1. The fourth-order valence-electron chi connectivity index (χ4n) is 2.07. The molecule has 1 heterocycles. The van der Waals surface area contributed by atoms with Crippen molar-refractivity contribution in [2.24, 2.45) is 5.92 Å². The summed E-state index contributed by atoms with van der Waals surface area (Å²) in [7, 11) is 0. The second kappa shape index (κ2) is 6.53. The Kier molecular flexibility index (Phi) is 4.74. The standard InChI is InChI=1S/C16H21NO2/c1-13(2)6-9-19-10-8-17-7-5-15-11-14(12-18)3-4-16(15)17/h3-5,7,11-13H,6,8-10H2,1-2H3. The quantitative estimate of drug-likeness (QED) is 0.563. The summed E-state index contributed by atoms with van der Waals surface area (Å²) in [6.45, 7) is 6.81. The Morgan fingerprint density at radius 3 is 2.84 bits per heavy atom. The summed E-state index contributed by atoms with van der Waals surface area (Å²) in [6, 6.07) is 7.80. The Balaban J connectivity index is 1.92. The predicted octanol–water partition coefficient (Wildman–Crippen LogP) is 3.52. The molecular formula is C16H21NO2. The van der Waals surface area contributed by atoms with Gasteiger partial charge in [0.1, 0.15) is 6.29 Å². The summed E-state index contributed by atoms with van der Waals surface area (Å²) < 4.78 is 7.80. The number of hydrogen-bond acceptors (Lipinski definition) is 2. The monoisotopic (exact) mass is 259 g/mol. The molecule has 3 nitrogen and oxygen atoms in total. The van der Waals surface area contributed by atoms with Crippen molar-refractivity contribution < 1.29 is 9.53 Å². The first-order chi connectivity index (χ1) is 9.20. The molecule has 0 radical (unpaired) electrons. The van der Waals surface area contributed by atoms with Gasteiger partial charge in [0.15, 0.2) is 0 Å². The molecule has 0 aliphatic rings. The van der Waals surface area contributed by atoms with Gasteiger partial charge >= 0.3 is 0 Å². The lowest BCUT2D eigenvalue weighted by Crippen LogP contribution is -2.07. The minimum Gasteiger partial charge on any atom is -0.380 e. The number of fused-ring (bicyclic) bond motifs is 1. The van der Waals surface area contributed by atoms with Crippen LogP contribution in [0.3, 0.4) is 0 Å². The lowest BCUT2D eigenvalue weighted by molar-refractivity contribution is 0.112. The van der Waals surface area contributed by atoms with Crippen molar-refractivity contribution in [2.75, 3.05) is 13.2 Å². The highest BCUT2D eigenvalue weighted by molar-refractivity contribution is 5.87. The zero-order valence-corrected chi connectivity index (χ0v) is 11.6. The maximum atomic E-state index is 10.7. The van der Waals surface area contributed by atoms with Crippen molar-refractivity contribution in [3.05, 3.63) is 36.0 Å². The van der Waals surface area contributed by atoms with Crippen molar-refractivity contribution in [2.45, 2.75) is 26.8 Å². The number of carbonyl (C=O) groups is 1. The van der Waals surface area contributed by atoms with Gasteiger partial charge in [0, 0.05) is 35.8 Å². The van der Waals surface area contributed by atoms with Gasteiger partial charge in [-0.2, -0.15) is 0 Å². The Morgan fingerprint density at radius 1 is 1.26 bits per heavy atom. The molecule has 0 atom stereocenters. The summed E-state index contributed by atoms with van der Waals surface area (Å²) >= 11 is 0. The van der Waals surface area contributed by atoms with Crippen LogP contribution in [0.1, 0.15) is 30.6 Å². The normalized spacial score (nSPS) is 11.3. The first kappa shape index (κ1) is 13.8. The number of aromatic nitrogens is 1. The van der Waals surface area contributed by atoms with Gasteiger partial charge < -0.3 is 9.30 Å². The third-order valence-electron chi connectivity index (χ3n) is 3.25. The Morgan fingerprint density at radius 2 is 2.11 bits per heavy atom. The largest absolute Gasteiger partial charge is 0.380 e. The number of rotatable bonds is 7. The zero-order chi connectivity index (χ0) is 13.7. The molecule has 2 rings (SSSR count). The van der Waals surface area contributed by atoms with Crippen LogP contribution in [-0.2, 0) is 11.3 Å². The second-order valence-corrected chi connectivity index (χ2v) is 5.24. The van der Waals surface area contributed by atoms with E-state index in [-0.39, 0.29) is 0 Å². The van der Waals surface area contributed by atoms with Gasteiger partial charge in [0.2, 0.25) is 0 Å². The molecule has 3 heteroatoms. The van der Waals surface area contributed by atoms with Crippen LogP contribution >= 0.6 is 0 Å². The van der Waals surface area contributed by atoms with Gasteiger partial charge in [-0.05, 0) is 36.6 Å². The van der Waals surface area contributed by atoms with Crippen LogP contribution in [0.5, 0.6) is 0 Å². The van der Waals surface area contributed by atoms with E-state index in [4.69, 9.17) is 4.74 Å². The molecule has 0 aliphatic heterocycles. The maximum absolute atomic E-state index is 10.7. The fourth-order valence-corrected chi connectivity index (χ4v) is 2.07. The highest BCUT2D eigenvalue weighted by Gasteiger charge is 2.02. The van der Waals surface area contributed by atoms with E-state index in [9.17, 15) is 4.79 Å². The van der Waals surface area contributed by atoms with Crippen molar-refractivity contribution in [1.82, 2.24) is 4.57 Å². The molecule has 0 aliphatic carbocycles. The van der Waals surface area contributed by atoms with Crippen LogP contribution in [-0.4, -0.2) is 24.1 Å². The summed E-state index contributed by atoms with van der Waals surface area (Å²) in [5.41, 5.74) is 1.87. The number of nitrogens with zero attached hydrogens (tertiary/aromatic N) is 1. The molecular weight excluding hydrogens is 238 g/mol. The topological polar surface area (TPSA) is 31.2 Å². The van der Waals surface area contributed by atoms with Gasteiger partial charge in [-0.1, -0.05) is 13.8 Å². The van der Waals surface area contributed by atoms with E-state index in [1.165, 1.54) is 0 Å². The molecule has 1 aromatic carbocycles. The Hall–Kier alpha value is -1.61. The van der Waals surface area contributed by atoms with E-state index in [0.29, 0.717) is 5.92 Å². The summed E-state index contributed by atoms with van der Waals surface area (Å²) in [4.78, 5) is 10.7. The average Bonchev–Trinajstić information content (AvgIpc) is 2.80. The minimum absolute atomic E-state index is 0.689. The van der Waals surface area contributed by atoms with Crippen LogP contribution in [0.2, 0.25) is 0 Å². The number of hydrogen-bond donors (Lipinski definition) is 0. The molecule has 102 valence electrons. The van der Waals surface area contributed by atoms with Crippen LogP contribution < -0.4 is 0 Å². The first-order valence-electron chi connectivity index (χ1n) is 6.82. The van der Waals surface area contributed by atoms with Gasteiger partial charge in [-0.15, -0.1) is 0 Å². The molecule has 0 amide bonds. The van der Waals surface area contributed by atoms with Gasteiger partial charge in [-0.3, -0.25) is 4.79 Å². The second-order valence-electron chi connectivity index (χ2n) is 5.24. The van der Waals surface area contributed by atoms with Gasteiger partial charge in [0.25, 0.3) is 0 Å². The SMILES string of the molecule is CC(C)CCOCCn1ccc2cc(C=O)ccc21. The molecule has 2 aromatic rings. The van der Waals surface area contributed by atoms with Crippen molar-refractivity contribution >= 4 is 17.2 Å². The fraction of sp³-hybridized carbons (Fsp3) is 0.438. The van der Waals surface area contributed by atoms with E-state index in [2.05, 4.69) is 18.4 Å². The van der Waals surface area contributed by atoms with Crippen molar-refractivity contribution in [1.29, 1.82) is 0 Å². The maximum Gasteiger partial charge on any atom is 0.150 e. The van der Waals surface area contributed by atoms with E-state index in [0.717, 1.165) is 48.9 Å². The van der Waals surface area contributed by atoms with Crippen LogP contribution in [0.25, 0.3) is 10.9 Å². The van der Waals surface area contributed by atoms with Crippen LogP contribution in [0.15, 0.2) is 30.5 Å². The first-order valence-corrected chi connectivity index (χ1v) is 6.82. The van der Waals surface area contributed by atoms with Gasteiger partial charge in [-0.25, -0.2) is 0 Å². The number of carbonyl (C=O) groups excluding carboxylic acids is 1. The highest BCUT2D eigenvalue weighted by atomic mass is 16.5.